The third-order valence-electron chi connectivity index (χ3n) is 2.64. The first-order valence-electron chi connectivity index (χ1n) is 5.33. The number of carbonyl (C=O) groups excluding carboxylic acids is 1. The summed E-state index contributed by atoms with van der Waals surface area (Å²) in [4.78, 5) is 12.1. The molecule has 1 amide bonds. The van der Waals surface area contributed by atoms with Crippen molar-refractivity contribution in [2.45, 2.75) is 44.1 Å². The molecule has 0 bridgehead atoms. The molecule has 0 N–H and O–H groups in total. The van der Waals surface area contributed by atoms with Crippen LogP contribution in [0.25, 0.3) is 0 Å². The molecule has 0 radical (unpaired) electrons. The average Bonchev–Trinajstić information content (AvgIpc) is 2.53. The van der Waals surface area contributed by atoms with Gasteiger partial charge in [-0.05, 0) is 20.8 Å². The largest absolute Gasteiger partial charge is 0.345 e. The molecule has 1 aliphatic heterocycles. The van der Waals surface area contributed by atoms with Crippen LogP contribution in [-0.2, 0) is 14.3 Å². The van der Waals surface area contributed by atoms with Crippen molar-refractivity contribution in [3.8, 4) is 0 Å². The smallest absolute Gasteiger partial charge is 0.256 e. The maximum Gasteiger partial charge on any atom is 0.256 e. The zero-order valence-corrected chi connectivity index (χ0v) is 11.2. The second-order valence-electron chi connectivity index (χ2n) is 3.79. The van der Waals surface area contributed by atoms with Crippen LogP contribution in [0.5, 0.6) is 0 Å². The lowest BCUT2D eigenvalue weighted by Crippen LogP contribution is -2.40. The van der Waals surface area contributed by atoms with E-state index in [1.807, 2.05) is 20.8 Å². The predicted molar refractivity (Wildman–Crippen MR) is 62.6 cm³/mol. The number of hydrogen-bond acceptors (Lipinski definition) is 3. The van der Waals surface area contributed by atoms with Gasteiger partial charge in [-0.2, -0.15) is 0 Å². The van der Waals surface area contributed by atoms with Crippen molar-refractivity contribution in [2.75, 3.05) is 13.1 Å². The van der Waals surface area contributed by atoms with Crippen LogP contribution in [0.2, 0.25) is 0 Å². The summed E-state index contributed by atoms with van der Waals surface area (Å²) in [5.74, 6) is -0.315. The van der Waals surface area contributed by atoms with Crippen LogP contribution < -0.4 is 0 Å². The van der Waals surface area contributed by atoms with Crippen LogP contribution in [0.4, 0.5) is 0 Å². The summed E-state index contributed by atoms with van der Waals surface area (Å²) in [6.07, 6.45) is -0.302. The standard InChI is InChI=1S/C10H17Cl2NO3/c1-4-13(10(14)9(11)12)5-8-15-6(2)7(3)16-8/h6-9H,4-5H2,1-3H3. The maximum atomic E-state index is 11.6. The van der Waals surface area contributed by atoms with Crippen LogP contribution in [0.15, 0.2) is 0 Å². The SMILES string of the molecule is CCN(CC1OC(C)C(C)O1)C(=O)C(Cl)Cl. The van der Waals surface area contributed by atoms with E-state index in [9.17, 15) is 4.79 Å². The lowest BCUT2D eigenvalue weighted by Gasteiger charge is -2.24. The van der Waals surface area contributed by atoms with Gasteiger partial charge >= 0.3 is 0 Å². The number of ether oxygens (including phenoxy) is 2. The third kappa shape index (κ3) is 3.48. The first kappa shape index (κ1) is 14.0. The Morgan fingerprint density at radius 3 is 2.19 bits per heavy atom. The lowest BCUT2D eigenvalue weighted by atomic mass is 10.3. The van der Waals surface area contributed by atoms with Crippen LogP contribution in [-0.4, -0.2) is 47.2 Å². The van der Waals surface area contributed by atoms with E-state index in [2.05, 4.69) is 0 Å². The molecule has 0 aromatic rings. The molecule has 1 rings (SSSR count). The monoisotopic (exact) mass is 269 g/mol. The highest BCUT2D eigenvalue weighted by Gasteiger charge is 2.32. The van der Waals surface area contributed by atoms with Gasteiger partial charge in [-0.3, -0.25) is 4.79 Å². The molecular weight excluding hydrogens is 253 g/mol. The molecule has 1 saturated heterocycles. The number of hydrogen-bond donors (Lipinski definition) is 0. The number of alkyl halides is 2. The summed E-state index contributed by atoms with van der Waals surface area (Å²) in [5.41, 5.74) is 0. The molecule has 0 saturated carbocycles. The highest BCUT2D eigenvalue weighted by atomic mass is 35.5. The fraction of sp³-hybridized carbons (Fsp3) is 0.900. The molecule has 94 valence electrons. The Balaban J connectivity index is 2.48. The summed E-state index contributed by atoms with van der Waals surface area (Å²) < 4.78 is 11.1. The van der Waals surface area contributed by atoms with E-state index in [1.54, 1.807) is 0 Å². The van der Waals surface area contributed by atoms with Crippen molar-refractivity contribution in [3.63, 3.8) is 0 Å². The van der Waals surface area contributed by atoms with E-state index < -0.39 is 4.84 Å². The summed E-state index contributed by atoms with van der Waals surface area (Å²) >= 11 is 11.1. The average molecular weight is 270 g/mol. The van der Waals surface area contributed by atoms with Gasteiger partial charge < -0.3 is 14.4 Å². The minimum Gasteiger partial charge on any atom is -0.345 e. The third-order valence-corrected chi connectivity index (χ3v) is 3.02. The first-order valence-corrected chi connectivity index (χ1v) is 6.20. The van der Waals surface area contributed by atoms with Crippen molar-refractivity contribution in [1.29, 1.82) is 0 Å². The predicted octanol–water partition coefficient (Wildman–Crippen LogP) is 1.79. The number of nitrogens with zero attached hydrogens (tertiary/aromatic N) is 1. The van der Waals surface area contributed by atoms with Crippen LogP contribution in [0.1, 0.15) is 20.8 Å². The highest BCUT2D eigenvalue weighted by Crippen LogP contribution is 2.19. The Morgan fingerprint density at radius 2 is 1.81 bits per heavy atom. The minimum atomic E-state index is -1.03. The number of carbonyl (C=O) groups is 1. The van der Waals surface area contributed by atoms with Gasteiger partial charge in [0, 0.05) is 6.54 Å². The summed E-state index contributed by atoms with van der Waals surface area (Å²) in [6.45, 7) is 6.62. The van der Waals surface area contributed by atoms with Gasteiger partial charge in [0.15, 0.2) is 11.1 Å². The second kappa shape index (κ2) is 6.05. The fourth-order valence-electron chi connectivity index (χ4n) is 1.51. The molecule has 0 aromatic carbocycles. The number of amides is 1. The maximum absolute atomic E-state index is 11.6. The molecule has 4 nitrogen and oxygen atoms in total. The number of halogens is 2. The Bertz CT molecular complexity index is 240. The lowest BCUT2D eigenvalue weighted by molar-refractivity contribution is -0.137. The topological polar surface area (TPSA) is 38.8 Å². The molecule has 6 heteroatoms. The molecular formula is C10H17Cl2NO3. The summed E-state index contributed by atoms with van der Waals surface area (Å²) in [7, 11) is 0. The molecule has 0 aromatic heterocycles. The second-order valence-corrected chi connectivity index (χ2v) is 4.89. The zero-order valence-electron chi connectivity index (χ0n) is 9.65. The summed E-state index contributed by atoms with van der Waals surface area (Å²) in [6, 6.07) is 0. The fourth-order valence-corrected chi connectivity index (χ4v) is 1.79. The highest BCUT2D eigenvalue weighted by molar-refractivity contribution is 6.53. The van der Waals surface area contributed by atoms with E-state index in [0.717, 1.165) is 0 Å². The van der Waals surface area contributed by atoms with Gasteiger partial charge in [0.05, 0.1) is 18.8 Å². The van der Waals surface area contributed by atoms with E-state index in [1.165, 1.54) is 4.90 Å². The van der Waals surface area contributed by atoms with E-state index >= 15 is 0 Å². The molecule has 16 heavy (non-hydrogen) atoms. The Hall–Kier alpha value is -0.0300. The Labute approximate surface area is 106 Å². The van der Waals surface area contributed by atoms with E-state index in [4.69, 9.17) is 32.7 Å². The van der Waals surface area contributed by atoms with Gasteiger partial charge in [-0.25, -0.2) is 0 Å². The number of likely N-dealkylation sites (N-methyl/N-ethyl adjacent to an activating group) is 1. The van der Waals surface area contributed by atoms with E-state index in [0.29, 0.717) is 13.1 Å². The molecule has 0 spiro atoms. The summed E-state index contributed by atoms with van der Waals surface area (Å²) in [5, 5.41) is 0. The molecule has 0 aliphatic carbocycles. The van der Waals surface area contributed by atoms with Gasteiger partial charge in [-0.15, -0.1) is 0 Å². The van der Waals surface area contributed by atoms with Gasteiger partial charge in [-0.1, -0.05) is 23.2 Å². The van der Waals surface area contributed by atoms with Gasteiger partial charge in [0.25, 0.3) is 5.91 Å². The molecule has 1 fully saturated rings. The number of rotatable bonds is 4. The minimum absolute atomic E-state index is 0.0432. The van der Waals surface area contributed by atoms with E-state index in [-0.39, 0.29) is 24.4 Å². The Kier molecular flexibility index (Phi) is 5.31. The normalized spacial score (nSPS) is 29.8. The molecule has 2 atom stereocenters. The van der Waals surface area contributed by atoms with Crippen LogP contribution in [0.3, 0.4) is 0 Å². The van der Waals surface area contributed by atoms with Gasteiger partial charge in [0.1, 0.15) is 0 Å². The van der Waals surface area contributed by atoms with Gasteiger partial charge in [0.2, 0.25) is 0 Å². The van der Waals surface area contributed by atoms with Crippen molar-refractivity contribution in [3.05, 3.63) is 0 Å². The van der Waals surface area contributed by atoms with Crippen LogP contribution in [0, 0.1) is 0 Å². The van der Waals surface area contributed by atoms with Crippen LogP contribution >= 0.6 is 23.2 Å². The quantitative estimate of drug-likeness (QED) is 0.731. The van der Waals surface area contributed by atoms with Crippen molar-refractivity contribution in [1.82, 2.24) is 4.90 Å². The van der Waals surface area contributed by atoms with Crippen molar-refractivity contribution >= 4 is 29.1 Å². The molecule has 1 heterocycles. The van der Waals surface area contributed by atoms with Crippen molar-refractivity contribution < 1.29 is 14.3 Å². The molecule has 2 unspecified atom stereocenters. The van der Waals surface area contributed by atoms with Crippen molar-refractivity contribution in [2.24, 2.45) is 0 Å². The Morgan fingerprint density at radius 1 is 1.31 bits per heavy atom. The first-order chi connectivity index (χ1) is 7.45. The molecule has 1 aliphatic rings. The zero-order chi connectivity index (χ0) is 12.3.